The van der Waals surface area contributed by atoms with Crippen LogP contribution in [0.2, 0.25) is 0 Å². The molecule has 0 fully saturated rings. The van der Waals surface area contributed by atoms with E-state index in [0.717, 1.165) is 83.5 Å². The smallest absolute Gasteiger partial charge is 0.310 e. The van der Waals surface area contributed by atoms with Crippen LogP contribution in [0.3, 0.4) is 0 Å². The van der Waals surface area contributed by atoms with Gasteiger partial charge in [-0.25, -0.2) is 0 Å². The Hall–Kier alpha value is -4.71. The Labute approximate surface area is 448 Å². The molecule has 73 heavy (non-hydrogen) atoms. The van der Waals surface area contributed by atoms with Crippen molar-refractivity contribution in [2.75, 3.05) is 13.2 Å². The number of hydrogen-bond donors (Lipinski definition) is 0. The number of carbonyl (C=O) groups excluding carboxylic acids is 3. The SMILES string of the molecule is CC/C=C\C/C=C\C/C=C\C/C=C\C/C=C\CC(=O)OC(COC(=O)CC/C=C\C/C=C\C/C=C\C/C=C\CC)COC(=O)CCCCCCCCCCCCCC/C=C\C/C=C\C/C=C\CCCCCCC. The van der Waals surface area contributed by atoms with Crippen molar-refractivity contribution in [2.45, 2.75) is 245 Å². The van der Waals surface area contributed by atoms with Gasteiger partial charge in [-0.05, 0) is 109 Å². The first-order valence-corrected chi connectivity index (χ1v) is 29.3. The molecule has 410 valence electrons. The Bertz CT molecular complexity index is 1630. The summed E-state index contributed by atoms with van der Waals surface area (Å²) in [6, 6.07) is 0. The van der Waals surface area contributed by atoms with Crippen LogP contribution < -0.4 is 0 Å². The van der Waals surface area contributed by atoms with Gasteiger partial charge in [0.25, 0.3) is 0 Å². The fraction of sp³-hybridized carbons (Fsp3) is 0.597. The number of ether oxygens (including phenoxy) is 3. The second kappa shape index (κ2) is 59.8. The third-order valence-electron chi connectivity index (χ3n) is 11.9. The van der Waals surface area contributed by atoms with Crippen molar-refractivity contribution in [3.05, 3.63) is 146 Å². The van der Waals surface area contributed by atoms with Crippen molar-refractivity contribution in [1.29, 1.82) is 0 Å². The zero-order chi connectivity index (χ0) is 52.9. The van der Waals surface area contributed by atoms with Gasteiger partial charge in [0, 0.05) is 12.8 Å². The van der Waals surface area contributed by atoms with E-state index in [4.69, 9.17) is 14.2 Å². The average Bonchev–Trinajstić information content (AvgIpc) is 3.39. The molecule has 0 bridgehead atoms. The predicted octanol–water partition coefficient (Wildman–Crippen LogP) is 20.0. The Morgan fingerprint density at radius 1 is 0.301 bits per heavy atom. The van der Waals surface area contributed by atoms with Crippen LogP contribution in [0.4, 0.5) is 0 Å². The van der Waals surface area contributed by atoms with E-state index in [0.29, 0.717) is 19.3 Å². The van der Waals surface area contributed by atoms with E-state index >= 15 is 0 Å². The fourth-order valence-corrected chi connectivity index (χ4v) is 7.54. The molecule has 0 aliphatic heterocycles. The van der Waals surface area contributed by atoms with Gasteiger partial charge in [0.05, 0.1) is 6.42 Å². The number of rotatable bonds is 51. The van der Waals surface area contributed by atoms with Gasteiger partial charge in [0.15, 0.2) is 6.10 Å². The molecule has 0 aromatic rings. The summed E-state index contributed by atoms with van der Waals surface area (Å²) >= 11 is 0. The largest absolute Gasteiger partial charge is 0.462 e. The summed E-state index contributed by atoms with van der Waals surface area (Å²) < 4.78 is 16.7. The van der Waals surface area contributed by atoms with Crippen molar-refractivity contribution in [3.63, 3.8) is 0 Å². The molecule has 0 amide bonds. The number of allylic oxidation sites excluding steroid dienone is 23. The highest BCUT2D eigenvalue weighted by atomic mass is 16.6. The maximum Gasteiger partial charge on any atom is 0.310 e. The van der Waals surface area contributed by atoms with Gasteiger partial charge in [0.1, 0.15) is 13.2 Å². The zero-order valence-corrected chi connectivity index (χ0v) is 46.8. The summed E-state index contributed by atoms with van der Waals surface area (Å²) in [5.41, 5.74) is 0. The Morgan fingerprint density at radius 3 is 0.986 bits per heavy atom. The van der Waals surface area contributed by atoms with Gasteiger partial charge in [0.2, 0.25) is 0 Å². The summed E-state index contributed by atoms with van der Waals surface area (Å²) in [4.78, 5) is 38.0. The molecule has 0 aromatic carbocycles. The van der Waals surface area contributed by atoms with Gasteiger partial charge < -0.3 is 14.2 Å². The molecule has 0 aliphatic rings. The van der Waals surface area contributed by atoms with E-state index in [1.54, 1.807) is 6.08 Å². The summed E-state index contributed by atoms with van der Waals surface area (Å²) in [6.45, 7) is 6.23. The summed E-state index contributed by atoms with van der Waals surface area (Å²) in [7, 11) is 0. The third kappa shape index (κ3) is 58.1. The van der Waals surface area contributed by atoms with Gasteiger partial charge in [-0.15, -0.1) is 0 Å². The molecule has 0 heterocycles. The fourth-order valence-electron chi connectivity index (χ4n) is 7.54. The van der Waals surface area contributed by atoms with Crippen molar-refractivity contribution in [2.24, 2.45) is 0 Å². The molecule has 0 N–H and O–H groups in total. The lowest BCUT2D eigenvalue weighted by atomic mass is 10.0. The maximum atomic E-state index is 12.8. The van der Waals surface area contributed by atoms with Crippen LogP contribution >= 0.6 is 0 Å². The first-order chi connectivity index (χ1) is 36.0. The monoisotopic (exact) mass is 1010 g/mol. The molecule has 0 saturated heterocycles. The topological polar surface area (TPSA) is 78.9 Å². The van der Waals surface area contributed by atoms with Crippen molar-refractivity contribution in [3.8, 4) is 0 Å². The van der Waals surface area contributed by atoms with Gasteiger partial charge in [-0.1, -0.05) is 256 Å². The van der Waals surface area contributed by atoms with Crippen molar-refractivity contribution < 1.29 is 28.6 Å². The first-order valence-electron chi connectivity index (χ1n) is 29.3. The van der Waals surface area contributed by atoms with E-state index in [-0.39, 0.29) is 38.0 Å². The summed E-state index contributed by atoms with van der Waals surface area (Å²) in [5.74, 6) is -1.17. The molecule has 0 radical (unpaired) electrons. The molecule has 0 rings (SSSR count). The summed E-state index contributed by atoms with van der Waals surface area (Å²) in [6.07, 6.45) is 86.1. The minimum Gasteiger partial charge on any atom is -0.462 e. The number of unbranched alkanes of at least 4 members (excludes halogenated alkanes) is 17. The van der Waals surface area contributed by atoms with Crippen LogP contribution in [-0.2, 0) is 28.6 Å². The maximum absolute atomic E-state index is 12.8. The van der Waals surface area contributed by atoms with E-state index in [9.17, 15) is 14.4 Å². The number of carbonyl (C=O) groups is 3. The van der Waals surface area contributed by atoms with Crippen LogP contribution in [0.15, 0.2) is 146 Å². The van der Waals surface area contributed by atoms with Crippen LogP contribution in [0, 0.1) is 0 Å². The lowest BCUT2D eigenvalue weighted by molar-refractivity contribution is -0.166. The normalized spacial score (nSPS) is 13.2. The van der Waals surface area contributed by atoms with Gasteiger partial charge >= 0.3 is 17.9 Å². The highest BCUT2D eigenvalue weighted by Gasteiger charge is 2.19. The van der Waals surface area contributed by atoms with E-state index < -0.39 is 12.1 Å². The Balaban J connectivity index is 4.41. The quantitative estimate of drug-likeness (QED) is 0.0261. The molecule has 6 heteroatoms. The number of esters is 3. The highest BCUT2D eigenvalue weighted by molar-refractivity contribution is 5.72. The lowest BCUT2D eigenvalue weighted by Gasteiger charge is -2.18. The van der Waals surface area contributed by atoms with Crippen LogP contribution in [0.5, 0.6) is 0 Å². The molecule has 0 spiro atoms. The molecule has 1 unspecified atom stereocenters. The third-order valence-corrected chi connectivity index (χ3v) is 11.9. The van der Waals surface area contributed by atoms with Crippen molar-refractivity contribution in [1.82, 2.24) is 0 Å². The molecule has 0 saturated carbocycles. The van der Waals surface area contributed by atoms with Crippen LogP contribution in [0.1, 0.15) is 239 Å². The van der Waals surface area contributed by atoms with Crippen LogP contribution in [0.25, 0.3) is 0 Å². The van der Waals surface area contributed by atoms with E-state index in [1.165, 1.54) is 103 Å². The Kier molecular flexibility index (Phi) is 56.0. The summed E-state index contributed by atoms with van der Waals surface area (Å²) in [5, 5.41) is 0. The molecule has 0 aromatic heterocycles. The van der Waals surface area contributed by atoms with Crippen LogP contribution in [-0.4, -0.2) is 37.2 Å². The molecule has 6 nitrogen and oxygen atoms in total. The lowest BCUT2D eigenvalue weighted by Crippen LogP contribution is -2.30. The van der Waals surface area contributed by atoms with E-state index in [2.05, 4.69) is 142 Å². The number of hydrogen-bond acceptors (Lipinski definition) is 6. The Morgan fingerprint density at radius 2 is 0.603 bits per heavy atom. The molecular formula is C67H106O6. The molecular weight excluding hydrogens is 901 g/mol. The predicted molar refractivity (Wildman–Crippen MR) is 315 cm³/mol. The van der Waals surface area contributed by atoms with Crippen molar-refractivity contribution >= 4 is 17.9 Å². The minimum atomic E-state index is -0.868. The molecule has 1 atom stereocenters. The van der Waals surface area contributed by atoms with Gasteiger partial charge in [-0.2, -0.15) is 0 Å². The van der Waals surface area contributed by atoms with Gasteiger partial charge in [-0.3, -0.25) is 14.4 Å². The standard InChI is InChI=1S/C67H106O6/c1-4-7-10-13-16-19-22-25-27-28-29-30-31-32-33-34-35-36-37-38-40-42-45-48-51-54-57-60-66(69)72-63-64(62-71-65(68)59-56-53-50-47-44-41-24-21-18-15-12-9-6-3)73-67(70)61-58-55-52-49-46-43-39-26-23-20-17-14-11-8-5-2/h8-9,11-12,17-18,20-22,25-26,28-29,31-32,39,41,44,46,49-50,53,55,58,64H,4-7,10,13-16,19,23-24,27,30,33-38,40,42-43,45,47-48,51-52,54,56-57,59-63H2,1-3H3/b11-8-,12-9-,20-17-,21-18-,25-22-,29-28-,32-31-,39-26-,44-41-,49-46-,53-50-,58-55-. The minimum absolute atomic E-state index is 0.0760. The second-order valence-electron chi connectivity index (χ2n) is 18.8. The zero-order valence-electron chi connectivity index (χ0n) is 46.8. The highest BCUT2D eigenvalue weighted by Crippen LogP contribution is 2.14. The van der Waals surface area contributed by atoms with E-state index in [1.807, 2.05) is 18.2 Å². The first kappa shape index (κ1) is 68.3. The second-order valence-corrected chi connectivity index (χ2v) is 18.8. The average molecular weight is 1010 g/mol. The molecule has 0 aliphatic carbocycles.